The molecular formula is C18H16N4O3S. The number of carboxylic acid groups (broad SMARTS) is 1. The number of aromatic nitrogens is 2. The highest BCUT2D eigenvalue weighted by Crippen LogP contribution is 2.26. The highest BCUT2D eigenvalue weighted by atomic mass is 32.1. The van der Waals surface area contributed by atoms with Crippen LogP contribution in [-0.4, -0.2) is 38.3 Å². The third-order valence-electron chi connectivity index (χ3n) is 4.30. The van der Waals surface area contributed by atoms with Crippen molar-refractivity contribution in [3.8, 4) is 5.69 Å². The van der Waals surface area contributed by atoms with Gasteiger partial charge in [-0.3, -0.25) is 5.32 Å². The van der Waals surface area contributed by atoms with E-state index in [4.69, 9.17) is 0 Å². The lowest BCUT2D eigenvalue weighted by Crippen LogP contribution is -2.39. The molecule has 132 valence electrons. The number of nitrogens with one attached hydrogen (secondary N) is 1. The van der Waals surface area contributed by atoms with Crippen LogP contribution in [0.2, 0.25) is 0 Å². The van der Waals surface area contributed by atoms with Gasteiger partial charge in [0.2, 0.25) is 0 Å². The number of nitrogens with zero attached hydrogens (tertiary/aromatic N) is 3. The Bertz CT molecular complexity index is 950. The van der Waals surface area contributed by atoms with Gasteiger partial charge in [0.1, 0.15) is 0 Å². The fourth-order valence-electron chi connectivity index (χ4n) is 3.08. The Balaban J connectivity index is 1.65. The second kappa shape index (κ2) is 6.64. The lowest BCUT2D eigenvalue weighted by molar-refractivity contribution is 0.0687. The van der Waals surface area contributed by atoms with Gasteiger partial charge in [0.15, 0.2) is 5.69 Å². The van der Waals surface area contributed by atoms with Crippen LogP contribution in [0, 0.1) is 0 Å². The van der Waals surface area contributed by atoms with Crippen molar-refractivity contribution < 1.29 is 14.7 Å². The van der Waals surface area contributed by atoms with E-state index in [0.29, 0.717) is 18.5 Å². The van der Waals surface area contributed by atoms with Gasteiger partial charge in [0.05, 0.1) is 22.9 Å². The van der Waals surface area contributed by atoms with E-state index < -0.39 is 5.97 Å². The molecule has 2 N–H and O–H groups in total. The van der Waals surface area contributed by atoms with E-state index >= 15 is 0 Å². The summed E-state index contributed by atoms with van der Waals surface area (Å²) >= 11 is 1.44. The summed E-state index contributed by atoms with van der Waals surface area (Å²) in [4.78, 5) is 25.8. The molecule has 1 aromatic carbocycles. The standard InChI is InChI=1S/C18H16N4O3S/c23-17(24)16-13-11-21(18(25)19-15-7-4-10-26-15)9-8-14(13)22(20-16)12-5-2-1-3-6-12/h1-7,10H,8-9,11H2,(H,19,25)(H,23,24). The van der Waals surface area contributed by atoms with E-state index in [9.17, 15) is 14.7 Å². The van der Waals surface area contributed by atoms with E-state index in [1.54, 1.807) is 9.58 Å². The molecule has 0 spiro atoms. The van der Waals surface area contributed by atoms with Gasteiger partial charge in [-0.25, -0.2) is 14.3 Å². The first-order valence-electron chi connectivity index (χ1n) is 8.12. The van der Waals surface area contributed by atoms with Gasteiger partial charge in [0, 0.05) is 18.5 Å². The highest BCUT2D eigenvalue weighted by Gasteiger charge is 2.30. The predicted octanol–water partition coefficient (Wildman–Crippen LogP) is 3.22. The molecular weight excluding hydrogens is 352 g/mol. The SMILES string of the molecule is O=C(O)c1nn(-c2ccccc2)c2c1CN(C(=O)Nc1cccs1)CC2. The fraction of sp³-hybridized carbons (Fsp3) is 0.167. The number of para-hydroxylation sites is 1. The zero-order valence-corrected chi connectivity index (χ0v) is 14.6. The Morgan fingerprint density at radius 1 is 1.15 bits per heavy atom. The average Bonchev–Trinajstić information content (AvgIpc) is 3.29. The number of hydrogen-bond acceptors (Lipinski definition) is 4. The lowest BCUT2D eigenvalue weighted by Gasteiger charge is -2.27. The van der Waals surface area contributed by atoms with Crippen LogP contribution in [0.25, 0.3) is 5.69 Å². The van der Waals surface area contributed by atoms with E-state index in [1.165, 1.54) is 11.3 Å². The number of urea groups is 1. The van der Waals surface area contributed by atoms with Crippen molar-refractivity contribution in [2.75, 3.05) is 11.9 Å². The number of amides is 2. The van der Waals surface area contributed by atoms with Gasteiger partial charge in [-0.1, -0.05) is 18.2 Å². The summed E-state index contributed by atoms with van der Waals surface area (Å²) < 4.78 is 1.67. The average molecular weight is 368 g/mol. The molecule has 26 heavy (non-hydrogen) atoms. The zero-order valence-electron chi connectivity index (χ0n) is 13.8. The second-order valence-electron chi connectivity index (χ2n) is 5.91. The molecule has 0 saturated heterocycles. The minimum absolute atomic E-state index is 0.00234. The number of carbonyl (C=O) groups excluding carboxylic acids is 1. The summed E-state index contributed by atoms with van der Waals surface area (Å²) in [5, 5.41) is 19.3. The number of aromatic carboxylic acids is 1. The van der Waals surface area contributed by atoms with Crippen molar-refractivity contribution in [1.82, 2.24) is 14.7 Å². The van der Waals surface area contributed by atoms with Crippen LogP contribution in [0.15, 0.2) is 47.8 Å². The normalized spacial score (nSPS) is 13.3. The van der Waals surface area contributed by atoms with Crippen molar-refractivity contribution in [3.63, 3.8) is 0 Å². The Hall–Kier alpha value is -3.13. The van der Waals surface area contributed by atoms with Crippen LogP contribution in [0.5, 0.6) is 0 Å². The molecule has 2 amide bonds. The third kappa shape index (κ3) is 2.95. The van der Waals surface area contributed by atoms with Crippen LogP contribution in [0.4, 0.5) is 9.80 Å². The maximum Gasteiger partial charge on any atom is 0.356 e. The van der Waals surface area contributed by atoms with Gasteiger partial charge in [-0.15, -0.1) is 11.3 Å². The van der Waals surface area contributed by atoms with E-state index in [2.05, 4.69) is 10.4 Å². The molecule has 1 aliphatic rings. The fourth-order valence-corrected chi connectivity index (χ4v) is 3.69. The Morgan fingerprint density at radius 3 is 2.65 bits per heavy atom. The van der Waals surface area contributed by atoms with E-state index in [0.717, 1.165) is 16.4 Å². The maximum absolute atomic E-state index is 12.5. The number of thiophene rings is 1. The van der Waals surface area contributed by atoms with E-state index in [-0.39, 0.29) is 18.3 Å². The van der Waals surface area contributed by atoms with Gasteiger partial charge in [-0.2, -0.15) is 5.10 Å². The van der Waals surface area contributed by atoms with Crippen LogP contribution in [-0.2, 0) is 13.0 Å². The van der Waals surface area contributed by atoms with Crippen molar-refractivity contribution >= 4 is 28.3 Å². The maximum atomic E-state index is 12.5. The Labute approximate surface area is 153 Å². The number of benzene rings is 1. The van der Waals surface area contributed by atoms with Crippen LogP contribution < -0.4 is 5.32 Å². The molecule has 0 unspecified atom stereocenters. The largest absolute Gasteiger partial charge is 0.476 e. The minimum atomic E-state index is -1.09. The minimum Gasteiger partial charge on any atom is -0.476 e. The number of anilines is 1. The quantitative estimate of drug-likeness (QED) is 0.743. The summed E-state index contributed by atoms with van der Waals surface area (Å²) in [5.41, 5.74) is 2.24. The first kappa shape index (κ1) is 16.3. The van der Waals surface area contributed by atoms with Crippen molar-refractivity contribution in [2.24, 2.45) is 0 Å². The molecule has 2 aromatic heterocycles. The highest BCUT2D eigenvalue weighted by molar-refractivity contribution is 7.14. The second-order valence-corrected chi connectivity index (χ2v) is 6.85. The molecule has 4 rings (SSSR count). The summed E-state index contributed by atoms with van der Waals surface area (Å²) in [6, 6.07) is 12.9. The number of hydrogen-bond donors (Lipinski definition) is 2. The lowest BCUT2D eigenvalue weighted by atomic mass is 10.1. The molecule has 3 heterocycles. The van der Waals surface area contributed by atoms with Crippen molar-refractivity contribution in [1.29, 1.82) is 0 Å². The Kier molecular flexibility index (Phi) is 4.18. The van der Waals surface area contributed by atoms with Gasteiger partial charge < -0.3 is 10.0 Å². The first-order chi connectivity index (χ1) is 12.6. The van der Waals surface area contributed by atoms with Crippen LogP contribution >= 0.6 is 11.3 Å². The topological polar surface area (TPSA) is 87.5 Å². The van der Waals surface area contributed by atoms with E-state index in [1.807, 2.05) is 47.8 Å². The summed E-state index contributed by atoms with van der Waals surface area (Å²) in [5.74, 6) is -1.09. The third-order valence-corrected chi connectivity index (χ3v) is 5.08. The van der Waals surface area contributed by atoms with Gasteiger partial charge in [-0.05, 0) is 29.6 Å². The molecule has 0 saturated carbocycles. The number of rotatable bonds is 3. The molecule has 0 fully saturated rings. The smallest absolute Gasteiger partial charge is 0.356 e. The number of carbonyl (C=O) groups is 2. The van der Waals surface area contributed by atoms with Gasteiger partial charge in [0.25, 0.3) is 0 Å². The summed E-state index contributed by atoms with van der Waals surface area (Å²) in [6.07, 6.45) is 0.544. The van der Waals surface area contributed by atoms with Crippen LogP contribution in [0.1, 0.15) is 21.7 Å². The zero-order chi connectivity index (χ0) is 18.1. The van der Waals surface area contributed by atoms with Gasteiger partial charge >= 0.3 is 12.0 Å². The first-order valence-corrected chi connectivity index (χ1v) is 9.00. The van der Waals surface area contributed by atoms with Crippen molar-refractivity contribution in [2.45, 2.75) is 13.0 Å². The molecule has 7 nitrogen and oxygen atoms in total. The molecule has 1 aliphatic heterocycles. The molecule has 3 aromatic rings. The monoisotopic (exact) mass is 368 g/mol. The molecule has 0 aliphatic carbocycles. The van der Waals surface area contributed by atoms with Crippen LogP contribution in [0.3, 0.4) is 0 Å². The predicted molar refractivity (Wildman–Crippen MR) is 98.0 cm³/mol. The molecule has 0 bridgehead atoms. The number of carboxylic acids is 1. The summed E-state index contributed by atoms with van der Waals surface area (Å²) in [6.45, 7) is 0.725. The molecule has 8 heteroatoms. The number of fused-ring (bicyclic) bond motifs is 1. The molecule has 0 radical (unpaired) electrons. The van der Waals surface area contributed by atoms with Crippen molar-refractivity contribution in [3.05, 3.63) is 64.8 Å². The Morgan fingerprint density at radius 2 is 1.96 bits per heavy atom. The summed E-state index contributed by atoms with van der Waals surface area (Å²) in [7, 11) is 0. The molecule has 0 atom stereocenters.